The lowest BCUT2D eigenvalue weighted by Crippen LogP contribution is -2.30. The number of methoxy groups -OCH3 is 1. The number of hydrogen-bond donors (Lipinski definition) is 1. The molecule has 0 saturated heterocycles. The second-order valence-electron chi connectivity index (χ2n) is 5.05. The first kappa shape index (κ1) is 14.0. The monoisotopic (exact) mass is 227 g/mol. The third-order valence-electron chi connectivity index (χ3n) is 3.56. The number of hydrogen-bond acceptors (Lipinski definition) is 2. The van der Waals surface area contributed by atoms with Crippen molar-refractivity contribution in [3.63, 3.8) is 0 Å². The van der Waals surface area contributed by atoms with Crippen LogP contribution in [0.1, 0.15) is 64.2 Å². The minimum Gasteiger partial charge on any atom is -0.385 e. The van der Waals surface area contributed by atoms with E-state index in [1.54, 1.807) is 7.11 Å². The Bertz CT molecular complexity index is 142. The number of ether oxygens (including phenoxy) is 1. The van der Waals surface area contributed by atoms with Gasteiger partial charge in [0.2, 0.25) is 0 Å². The van der Waals surface area contributed by atoms with Crippen LogP contribution in [0.3, 0.4) is 0 Å². The van der Waals surface area contributed by atoms with Gasteiger partial charge in [-0.3, -0.25) is 0 Å². The molecule has 1 rings (SSSR count). The Hall–Kier alpha value is -0.0800. The van der Waals surface area contributed by atoms with E-state index in [0.717, 1.165) is 12.6 Å². The summed E-state index contributed by atoms with van der Waals surface area (Å²) in [7, 11) is 1.78. The molecule has 1 aliphatic rings. The first-order chi connectivity index (χ1) is 7.93. The lowest BCUT2D eigenvalue weighted by Gasteiger charge is -2.21. The van der Waals surface area contributed by atoms with Gasteiger partial charge in [0.15, 0.2) is 0 Å². The summed E-state index contributed by atoms with van der Waals surface area (Å²) in [6, 6.07) is 0.808. The lowest BCUT2D eigenvalue weighted by atomic mass is 9.96. The Morgan fingerprint density at radius 2 is 1.62 bits per heavy atom. The molecule has 0 heterocycles. The maximum Gasteiger partial charge on any atom is 0.0462 e. The zero-order valence-corrected chi connectivity index (χ0v) is 11.0. The van der Waals surface area contributed by atoms with Crippen molar-refractivity contribution < 1.29 is 4.74 Å². The largest absolute Gasteiger partial charge is 0.385 e. The van der Waals surface area contributed by atoms with E-state index in [9.17, 15) is 0 Å². The summed E-state index contributed by atoms with van der Waals surface area (Å²) in [6.07, 6.45) is 13.8. The molecule has 0 radical (unpaired) electrons. The first-order valence-corrected chi connectivity index (χ1v) is 7.16. The van der Waals surface area contributed by atoms with Crippen LogP contribution in [0.25, 0.3) is 0 Å². The molecule has 0 spiro atoms. The highest BCUT2D eigenvalue weighted by Gasteiger charge is 2.09. The SMILES string of the molecule is COCCCCCNC1CCCCCCC1. The molecular formula is C14H29NO. The maximum absolute atomic E-state index is 5.05. The fraction of sp³-hybridized carbons (Fsp3) is 1.00. The summed E-state index contributed by atoms with van der Waals surface area (Å²) in [6.45, 7) is 2.12. The molecule has 0 unspecified atom stereocenters. The van der Waals surface area contributed by atoms with Crippen molar-refractivity contribution in [1.82, 2.24) is 5.32 Å². The molecule has 0 aliphatic heterocycles. The maximum atomic E-state index is 5.05. The van der Waals surface area contributed by atoms with Crippen molar-refractivity contribution in [1.29, 1.82) is 0 Å². The van der Waals surface area contributed by atoms with Crippen LogP contribution in [0.4, 0.5) is 0 Å². The van der Waals surface area contributed by atoms with Crippen molar-refractivity contribution in [2.45, 2.75) is 70.3 Å². The third-order valence-corrected chi connectivity index (χ3v) is 3.56. The Balaban J connectivity index is 1.93. The van der Waals surface area contributed by atoms with Crippen LogP contribution in [0.15, 0.2) is 0 Å². The van der Waals surface area contributed by atoms with Crippen molar-refractivity contribution in [3.8, 4) is 0 Å². The van der Waals surface area contributed by atoms with Crippen molar-refractivity contribution >= 4 is 0 Å². The molecular weight excluding hydrogens is 198 g/mol. The van der Waals surface area contributed by atoms with Crippen LogP contribution in [0, 0.1) is 0 Å². The number of unbranched alkanes of at least 4 members (excludes halogenated alkanes) is 2. The van der Waals surface area contributed by atoms with Gasteiger partial charge in [0, 0.05) is 19.8 Å². The average molecular weight is 227 g/mol. The fourth-order valence-corrected chi connectivity index (χ4v) is 2.51. The van der Waals surface area contributed by atoms with Gasteiger partial charge < -0.3 is 10.1 Å². The number of rotatable bonds is 7. The van der Waals surface area contributed by atoms with Crippen LogP contribution in [0.2, 0.25) is 0 Å². The van der Waals surface area contributed by atoms with E-state index in [2.05, 4.69) is 5.32 Å². The van der Waals surface area contributed by atoms with E-state index in [1.807, 2.05) is 0 Å². The Morgan fingerprint density at radius 1 is 0.938 bits per heavy atom. The normalized spacial score (nSPS) is 19.3. The predicted molar refractivity (Wildman–Crippen MR) is 69.8 cm³/mol. The van der Waals surface area contributed by atoms with E-state index in [1.165, 1.54) is 70.8 Å². The van der Waals surface area contributed by atoms with E-state index in [-0.39, 0.29) is 0 Å². The molecule has 16 heavy (non-hydrogen) atoms. The van der Waals surface area contributed by atoms with Crippen LogP contribution in [-0.4, -0.2) is 26.3 Å². The number of nitrogens with one attached hydrogen (secondary N) is 1. The molecule has 1 N–H and O–H groups in total. The van der Waals surface area contributed by atoms with E-state index >= 15 is 0 Å². The van der Waals surface area contributed by atoms with Crippen LogP contribution >= 0.6 is 0 Å². The first-order valence-electron chi connectivity index (χ1n) is 7.16. The molecule has 96 valence electrons. The molecule has 0 atom stereocenters. The van der Waals surface area contributed by atoms with Gasteiger partial charge in [-0.15, -0.1) is 0 Å². The molecule has 0 aromatic carbocycles. The molecule has 0 aromatic rings. The van der Waals surface area contributed by atoms with Gasteiger partial charge in [0.25, 0.3) is 0 Å². The van der Waals surface area contributed by atoms with Crippen LogP contribution in [0.5, 0.6) is 0 Å². The second-order valence-corrected chi connectivity index (χ2v) is 5.05. The molecule has 0 amide bonds. The van der Waals surface area contributed by atoms with Crippen molar-refractivity contribution in [3.05, 3.63) is 0 Å². The highest BCUT2D eigenvalue weighted by molar-refractivity contribution is 4.69. The Kier molecular flexibility index (Phi) is 8.83. The molecule has 0 bridgehead atoms. The molecule has 2 nitrogen and oxygen atoms in total. The van der Waals surface area contributed by atoms with Gasteiger partial charge in [-0.05, 0) is 38.6 Å². The van der Waals surface area contributed by atoms with Crippen molar-refractivity contribution in [2.24, 2.45) is 0 Å². The summed E-state index contributed by atoms with van der Waals surface area (Å²) < 4.78 is 5.05. The summed E-state index contributed by atoms with van der Waals surface area (Å²) in [4.78, 5) is 0. The zero-order chi connectivity index (χ0) is 11.5. The smallest absolute Gasteiger partial charge is 0.0462 e. The minimum absolute atomic E-state index is 0.808. The molecule has 1 fully saturated rings. The molecule has 2 heteroatoms. The van der Waals surface area contributed by atoms with Crippen LogP contribution < -0.4 is 5.32 Å². The zero-order valence-electron chi connectivity index (χ0n) is 11.0. The van der Waals surface area contributed by atoms with E-state index < -0.39 is 0 Å². The summed E-state index contributed by atoms with van der Waals surface area (Å²) in [5.41, 5.74) is 0. The topological polar surface area (TPSA) is 21.3 Å². The minimum atomic E-state index is 0.808. The quantitative estimate of drug-likeness (QED) is 0.672. The van der Waals surface area contributed by atoms with Crippen molar-refractivity contribution in [2.75, 3.05) is 20.3 Å². The van der Waals surface area contributed by atoms with Gasteiger partial charge in [0.1, 0.15) is 0 Å². The van der Waals surface area contributed by atoms with E-state index in [0.29, 0.717) is 0 Å². The highest BCUT2D eigenvalue weighted by Crippen LogP contribution is 2.17. The lowest BCUT2D eigenvalue weighted by molar-refractivity contribution is 0.192. The van der Waals surface area contributed by atoms with Crippen LogP contribution in [-0.2, 0) is 4.74 Å². The third kappa shape index (κ3) is 7.24. The fourth-order valence-electron chi connectivity index (χ4n) is 2.51. The standard InChI is InChI=1S/C14H29NO/c1-16-13-9-5-8-12-15-14-10-6-3-2-4-7-11-14/h14-15H,2-13H2,1H3. The average Bonchev–Trinajstić information content (AvgIpc) is 2.25. The van der Waals surface area contributed by atoms with Gasteiger partial charge in [-0.2, -0.15) is 0 Å². The molecule has 1 aliphatic carbocycles. The van der Waals surface area contributed by atoms with Gasteiger partial charge in [0.05, 0.1) is 0 Å². The van der Waals surface area contributed by atoms with Gasteiger partial charge >= 0.3 is 0 Å². The second kappa shape index (κ2) is 10.1. The van der Waals surface area contributed by atoms with Gasteiger partial charge in [-0.25, -0.2) is 0 Å². The summed E-state index contributed by atoms with van der Waals surface area (Å²) in [5.74, 6) is 0. The molecule has 0 aromatic heterocycles. The van der Waals surface area contributed by atoms with Gasteiger partial charge in [-0.1, -0.05) is 32.1 Å². The predicted octanol–water partition coefficient (Wildman–Crippen LogP) is 3.51. The summed E-state index contributed by atoms with van der Waals surface area (Å²) in [5, 5.41) is 3.73. The molecule has 1 saturated carbocycles. The highest BCUT2D eigenvalue weighted by atomic mass is 16.5. The Morgan fingerprint density at radius 3 is 2.31 bits per heavy atom. The van der Waals surface area contributed by atoms with E-state index in [4.69, 9.17) is 4.74 Å². The summed E-state index contributed by atoms with van der Waals surface area (Å²) >= 11 is 0. The Labute approximate surface area is 101 Å².